The highest BCUT2D eigenvalue weighted by atomic mass is 16.5. The van der Waals surface area contributed by atoms with Crippen molar-refractivity contribution in [2.24, 2.45) is 0 Å². The van der Waals surface area contributed by atoms with E-state index in [1.165, 1.54) is 7.11 Å². The number of hydrogen-bond acceptors (Lipinski definition) is 4. The minimum atomic E-state index is -0.732. The Morgan fingerprint density at radius 1 is 1.14 bits per heavy atom. The molecule has 0 saturated carbocycles. The van der Waals surface area contributed by atoms with Crippen LogP contribution in [0.4, 0.5) is 0 Å². The number of H-pyrrole nitrogens is 1. The predicted molar refractivity (Wildman–Crippen MR) is 112 cm³/mol. The van der Waals surface area contributed by atoms with Crippen molar-refractivity contribution < 1.29 is 19.1 Å². The lowest BCUT2D eigenvalue weighted by Gasteiger charge is -2.16. The number of hydrogen-bond donors (Lipinski definition) is 2. The van der Waals surface area contributed by atoms with Crippen molar-refractivity contribution in [1.29, 1.82) is 0 Å². The van der Waals surface area contributed by atoms with Crippen LogP contribution in [0.1, 0.15) is 24.0 Å². The van der Waals surface area contributed by atoms with Gasteiger partial charge in [0.1, 0.15) is 11.8 Å². The minimum Gasteiger partial charge on any atom is -0.494 e. The van der Waals surface area contributed by atoms with Crippen molar-refractivity contribution in [3.63, 3.8) is 0 Å². The maximum Gasteiger partial charge on any atom is 0.328 e. The molecule has 0 aliphatic carbocycles. The van der Waals surface area contributed by atoms with E-state index in [1.54, 1.807) is 0 Å². The molecule has 1 amide bonds. The molecular weight excluding hydrogens is 368 g/mol. The van der Waals surface area contributed by atoms with Gasteiger partial charge >= 0.3 is 5.97 Å². The SMILES string of the molecule is COC(=O)[C@@H](Cc1c[nH]c2ccccc12)NC(=O)CCCOc1cccc(C)c1. The molecule has 152 valence electrons. The number of carbonyl (C=O) groups excluding carboxylic acids is 2. The molecule has 0 fully saturated rings. The number of esters is 1. The van der Waals surface area contributed by atoms with Crippen LogP contribution in [0.25, 0.3) is 10.9 Å². The van der Waals surface area contributed by atoms with Gasteiger partial charge in [-0.2, -0.15) is 0 Å². The zero-order chi connectivity index (χ0) is 20.6. The first kappa shape index (κ1) is 20.5. The highest BCUT2D eigenvalue weighted by molar-refractivity contribution is 5.87. The van der Waals surface area contributed by atoms with Gasteiger partial charge in [0.05, 0.1) is 13.7 Å². The highest BCUT2D eigenvalue weighted by Gasteiger charge is 2.23. The van der Waals surface area contributed by atoms with E-state index >= 15 is 0 Å². The van der Waals surface area contributed by atoms with Gasteiger partial charge in [0, 0.05) is 29.9 Å². The lowest BCUT2D eigenvalue weighted by Crippen LogP contribution is -2.43. The lowest BCUT2D eigenvalue weighted by molar-refractivity contribution is -0.145. The van der Waals surface area contributed by atoms with Gasteiger partial charge in [-0.05, 0) is 42.7 Å². The van der Waals surface area contributed by atoms with Crippen LogP contribution in [0.2, 0.25) is 0 Å². The number of fused-ring (bicyclic) bond motifs is 1. The molecule has 3 rings (SSSR count). The van der Waals surface area contributed by atoms with E-state index in [4.69, 9.17) is 9.47 Å². The summed E-state index contributed by atoms with van der Waals surface area (Å²) in [6, 6.07) is 14.9. The monoisotopic (exact) mass is 394 g/mol. The van der Waals surface area contributed by atoms with Crippen molar-refractivity contribution >= 4 is 22.8 Å². The Hall–Kier alpha value is -3.28. The molecule has 3 aromatic rings. The number of ether oxygens (including phenoxy) is 2. The summed E-state index contributed by atoms with van der Waals surface area (Å²) < 4.78 is 10.5. The molecule has 2 aromatic carbocycles. The standard InChI is InChI=1S/C23H26N2O4/c1-16-7-5-8-18(13-16)29-12-6-11-22(26)25-21(23(27)28-2)14-17-15-24-20-10-4-3-9-19(17)20/h3-5,7-10,13,15,21,24H,6,11-12,14H2,1-2H3,(H,25,26)/t21-/m1/s1. The predicted octanol–water partition coefficient (Wildman–Crippen LogP) is 3.54. The van der Waals surface area contributed by atoms with Gasteiger partial charge in [0.15, 0.2) is 0 Å². The van der Waals surface area contributed by atoms with Crippen LogP contribution in [-0.4, -0.2) is 36.6 Å². The molecule has 0 saturated heterocycles. The van der Waals surface area contributed by atoms with Crippen molar-refractivity contribution in [2.75, 3.05) is 13.7 Å². The second-order valence-corrected chi connectivity index (χ2v) is 6.98. The Kier molecular flexibility index (Phi) is 6.89. The van der Waals surface area contributed by atoms with E-state index in [0.29, 0.717) is 19.4 Å². The Morgan fingerprint density at radius 3 is 2.76 bits per heavy atom. The van der Waals surface area contributed by atoms with Gasteiger partial charge in [-0.1, -0.05) is 30.3 Å². The number of nitrogens with one attached hydrogen (secondary N) is 2. The number of aromatic nitrogens is 1. The summed E-state index contributed by atoms with van der Waals surface area (Å²) in [6.07, 6.45) is 3.05. The summed E-state index contributed by atoms with van der Waals surface area (Å²) in [7, 11) is 1.33. The summed E-state index contributed by atoms with van der Waals surface area (Å²) in [5, 5.41) is 3.83. The van der Waals surface area contributed by atoms with Gasteiger partial charge in [-0.3, -0.25) is 4.79 Å². The minimum absolute atomic E-state index is 0.201. The third-order valence-corrected chi connectivity index (χ3v) is 4.73. The zero-order valence-electron chi connectivity index (χ0n) is 16.7. The first-order valence-corrected chi connectivity index (χ1v) is 9.68. The Labute approximate surface area is 170 Å². The molecule has 0 aliphatic heterocycles. The quantitative estimate of drug-likeness (QED) is 0.430. The van der Waals surface area contributed by atoms with Crippen LogP contribution >= 0.6 is 0 Å². The Balaban J connectivity index is 1.53. The highest BCUT2D eigenvalue weighted by Crippen LogP contribution is 2.19. The van der Waals surface area contributed by atoms with Crippen LogP contribution in [0.3, 0.4) is 0 Å². The van der Waals surface area contributed by atoms with E-state index < -0.39 is 12.0 Å². The third kappa shape index (κ3) is 5.60. The van der Waals surface area contributed by atoms with Gasteiger partial charge < -0.3 is 19.8 Å². The van der Waals surface area contributed by atoms with Crippen LogP contribution in [0.5, 0.6) is 5.75 Å². The average molecular weight is 394 g/mol. The van der Waals surface area contributed by atoms with Crippen LogP contribution in [-0.2, 0) is 20.7 Å². The van der Waals surface area contributed by atoms with E-state index in [1.807, 2.05) is 61.7 Å². The number of aromatic amines is 1. The molecule has 0 radical (unpaired) electrons. The molecule has 2 N–H and O–H groups in total. The molecular formula is C23H26N2O4. The van der Waals surface area contributed by atoms with E-state index in [9.17, 15) is 9.59 Å². The zero-order valence-corrected chi connectivity index (χ0v) is 16.7. The lowest BCUT2D eigenvalue weighted by atomic mass is 10.0. The van der Waals surface area contributed by atoms with Gasteiger partial charge in [-0.25, -0.2) is 4.79 Å². The fourth-order valence-electron chi connectivity index (χ4n) is 3.25. The first-order chi connectivity index (χ1) is 14.1. The van der Waals surface area contributed by atoms with Crippen molar-refractivity contribution in [3.05, 3.63) is 65.9 Å². The second-order valence-electron chi connectivity index (χ2n) is 6.98. The summed E-state index contributed by atoms with van der Waals surface area (Å²) in [5.41, 5.74) is 3.07. The summed E-state index contributed by atoms with van der Waals surface area (Å²) in [5.74, 6) is 0.130. The fraction of sp³-hybridized carbons (Fsp3) is 0.304. The first-order valence-electron chi connectivity index (χ1n) is 9.68. The Morgan fingerprint density at radius 2 is 1.97 bits per heavy atom. The van der Waals surface area contributed by atoms with E-state index in [-0.39, 0.29) is 12.3 Å². The molecule has 0 spiro atoms. The molecule has 1 heterocycles. The van der Waals surface area contributed by atoms with E-state index in [0.717, 1.165) is 27.8 Å². The van der Waals surface area contributed by atoms with Gasteiger partial charge in [0.25, 0.3) is 0 Å². The molecule has 0 aliphatic rings. The van der Waals surface area contributed by atoms with Crippen molar-refractivity contribution in [1.82, 2.24) is 10.3 Å². The Bertz CT molecular complexity index is 980. The molecule has 29 heavy (non-hydrogen) atoms. The smallest absolute Gasteiger partial charge is 0.328 e. The number of amides is 1. The topological polar surface area (TPSA) is 80.4 Å². The van der Waals surface area contributed by atoms with Crippen LogP contribution in [0.15, 0.2) is 54.7 Å². The van der Waals surface area contributed by atoms with Crippen molar-refractivity contribution in [2.45, 2.75) is 32.2 Å². The number of rotatable bonds is 9. The summed E-state index contributed by atoms with van der Waals surface area (Å²) >= 11 is 0. The fourth-order valence-corrected chi connectivity index (χ4v) is 3.25. The number of methoxy groups -OCH3 is 1. The summed E-state index contributed by atoms with van der Waals surface area (Å²) in [4.78, 5) is 27.7. The van der Waals surface area contributed by atoms with E-state index in [2.05, 4.69) is 10.3 Å². The van der Waals surface area contributed by atoms with Crippen LogP contribution in [0, 0.1) is 6.92 Å². The van der Waals surface area contributed by atoms with Gasteiger partial charge in [0.2, 0.25) is 5.91 Å². The average Bonchev–Trinajstić information content (AvgIpc) is 3.13. The largest absolute Gasteiger partial charge is 0.494 e. The molecule has 1 aromatic heterocycles. The third-order valence-electron chi connectivity index (χ3n) is 4.73. The van der Waals surface area contributed by atoms with Crippen molar-refractivity contribution in [3.8, 4) is 5.75 Å². The maximum atomic E-state index is 12.3. The molecule has 1 atom stereocenters. The molecule has 6 heteroatoms. The second kappa shape index (κ2) is 9.78. The molecule has 0 bridgehead atoms. The number of benzene rings is 2. The van der Waals surface area contributed by atoms with Crippen LogP contribution < -0.4 is 10.1 Å². The van der Waals surface area contributed by atoms with Gasteiger partial charge in [-0.15, -0.1) is 0 Å². The number of para-hydroxylation sites is 1. The summed E-state index contributed by atoms with van der Waals surface area (Å²) in [6.45, 7) is 2.43. The number of carbonyl (C=O) groups is 2. The number of aryl methyl sites for hydroxylation is 1. The maximum absolute atomic E-state index is 12.3. The molecule has 6 nitrogen and oxygen atoms in total. The normalized spacial score (nSPS) is 11.8. The molecule has 0 unspecified atom stereocenters.